The molecule has 1 N–H and O–H groups in total. The normalized spacial score (nSPS) is 23.8. The summed E-state index contributed by atoms with van der Waals surface area (Å²) in [6.45, 7) is 9.50. The van der Waals surface area contributed by atoms with Crippen LogP contribution in [0.25, 0.3) is 0 Å². The van der Waals surface area contributed by atoms with Crippen LogP contribution in [0.4, 0.5) is 5.13 Å². The Morgan fingerprint density at radius 1 is 1.42 bits per heavy atom. The van der Waals surface area contributed by atoms with E-state index >= 15 is 0 Å². The van der Waals surface area contributed by atoms with E-state index in [1.807, 2.05) is 17.5 Å². The zero-order valence-electron chi connectivity index (χ0n) is 12.2. The molecule has 0 aromatic carbocycles. The predicted octanol–water partition coefficient (Wildman–Crippen LogP) is 2.36. The van der Waals surface area contributed by atoms with Gasteiger partial charge < -0.3 is 15.0 Å². The number of anilines is 1. The molecular formula is C14H25N3OS. The molecule has 1 aromatic rings. The largest absolute Gasteiger partial charge is 0.383 e. The lowest BCUT2D eigenvalue weighted by molar-refractivity contribution is 0.199. The van der Waals surface area contributed by atoms with Crippen molar-refractivity contribution in [2.24, 2.45) is 11.8 Å². The maximum Gasteiger partial charge on any atom is 0.185 e. The molecule has 1 saturated heterocycles. The van der Waals surface area contributed by atoms with Crippen molar-refractivity contribution in [3.05, 3.63) is 11.1 Å². The summed E-state index contributed by atoms with van der Waals surface area (Å²) < 4.78 is 5.02. The fourth-order valence-corrected chi connectivity index (χ4v) is 3.63. The lowest BCUT2D eigenvalue weighted by Crippen LogP contribution is -2.38. The monoisotopic (exact) mass is 283 g/mol. The molecular weight excluding hydrogens is 258 g/mol. The first kappa shape index (κ1) is 14.8. The summed E-state index contributed by atoms with van der Waals surface area (Å²) in [6, 6.07) is 0. The highest BCUT2D eigenvalue weighted by atomic mass is 32.1. The highest BCUT2D eigenvalue weighted by Crippen LogP contribution is 2.29. The first-order chi connectivity index (χ1) is 9.19. The maximum absolute atomic E-state index is 5.02. The van der Waals surface area contributed by atoms with Crippen molar-refractivity contribution in [3.8, 4) is 0 Å². The van der Waals surface area contributed by atoms with Gasteiger partial charge >= 0.3 is 0 Å². The lowest BCUT2D eigenvalue weighted by atomic mass is 9.92. The van der Waals surface area contributed by atoms with Crippen molar-refractivity contribution in [1.82, 2.24) is 10.3 Å². The van der Waals surface area contributed by atoms with Crippen molar-refractivity contribution < 1.29 is 4.74 Å². The molecule has 0 aliphatic carbocycles. The van der Waals surface area contributed by atoms with Crippen LogP contribution >= 0.6 is 11.3 Å². The number of thiazole rings is 1. The number of ether oxygens (including phenoxy) is 1. The molecule has 1 aliphatic heterocycles. The second kappa shape index (κ2) is 7.22. The third kappa shape index (κ3) is 4.44. The molecule has 2 heterocycles. The molecule has 0 saturated carbocycles. The molecule has 5 heteroatoms. The molecule has 0 bridgehead atoms. The third-order valence-corrected chi connectivity index (χ3v) is 4.52. The van der Waals surface area contributed by atoms with Crippen LogP contribution in [-0.4, -0.2) is 38.3 Å². The van der Waals surface area contributed by atoms with Gasteiger partial charge in [-0.3, -0.25) is 0 Å². The predicted molar refractivity (Wildman–Crippen MR) is 80.9 cm³/mol. The van der Waals surface area contributed by atoms with Gasteiger partial charge in [-0.15, -0.1) is 11.3 Å². The van der Waals surface area contributed by atoms with Gasteiger partial charge in [-0.2, -0.15) is 0 Å². The van der Waals surface area contributed by atoms with Crippen LogP contribution in [0.3, 0.4) is 0 Å². The summed E-state index contributed by atoms with van der Waals surface area (Å²) in [7, 11) is 1.73. The Labute approximate surface area is 120 Å². The number of methoxy groups -OCH3 is 1. The van der Waals surface area contributed by atoms with E-state index in [4.69, 9.17) is 4.74 Å². The van der Waals surface area contributed by atoms with Gasteiger partial charge in [-0.25, -0.2) is 4.98 Å². The van der Waals surface area contributed by atoms with E-state index in [0.29, 0.717) is 0 Å². The fourth-order valence-electron chi connectivity index (χ4n) is 2.73. The molecule has 4 nitrogen and oxygen atoms in total. The zero-order chi connectivity index (χ0) is 13.7. The van der Waals surface area contributed by atoms with Crippen LogP contribution in [0.1, 0.15) is 25.1 Å². The van der Waals surface area contributed by atoms with Crippen molar-refractivity contribution in [2.45, 2.75) is 26.8 Å². The maximum atomic E-state index is 5.02. The van der Waals surface area contributed by atoms with Crippen molar-refractivity contribution >= 4 is 16.5 Å². The molecule has 0 spiro atoms. The molecule has 1 aliphatic rings. The first-order valence-corrected chi connectivity index (χ1v) is 7.90. The quantitative estimate of drug-likeness (QED) is 0.813. The molecule has 1 fully saturated rings. The van der Waals surface area contributed by atoms with Crippen LogP contribution in [-0.2, 0) is 11.3 Å². The van der Waals surface area contributed by atoms with Crippen LogP contribution in [0.15, 0.2) is 6.20 Å². The molecule has 108 valence electrons. The van der Waals surface area contributed by atoms with E-state index in [2.05, 4.69) is 29.0 Å². The number of rotatable bonds is 6. The van der Waals surface area contributed by atoms with Crippen LogP contribution < -0.4 is 10.2 Å². The topological polar surface area (TPSA) is 37.4 Å². The summed E-state index contributed by atoms with van der Waals surface area (Å²) in [5.41, 5.74) is 0. The van der Waals surface area contributed by atoms with Crippen LogP contribution in [0.2, 0.25) is 0 Å². The molecule has 19 heavy (non-hydrogen) atoms. The first-order valence-electron chi connectivity index (χ1n) is 7.08. The number of piperidine rings is 1. The second-order valence-electron chi connectivity index (χ2n) is 5.63. The summed E-state index contributed by atoms with van der Waals surface area (Å²) in [5.74, 6) is 1.55. The smallest absolute Gasteiger partial charge is 0.185 e. The fraction of sp³-hybridized carbons (Fsp3) is 0.786. The van der Waals surface area contributed by atoms with Gasteiger partial charge in [0.2, 0.25) is 0 Å². The Hall–Kier alpha value is -0.650. The van der Waals surface area contributed by atoms with E-state index in [-0.39, 0.29) is 0 Å². The minimum absolute atomic E-state index is 0.757. The average Bonchev–Trinajstić information content (AvgIpc) is 2.82. The van der Waals surface area contributed by atoms with Crippen LogP contribution in [0.5, 0.6) is 0 Å². The van der Waals surface area contributed by atoms with Crippen molar-refractivity contribution in [2.75, 3.05) is 38.3 Å². The Kier molecular flexibility index (Phi) is 5.60. The minimum Gasteiger partial charge on any atom is -0.383 e. The van der Waals surface area contributed by atoms with E-state index in [9.17, 15) is 0 Å². The highest BCUT2D eigenvalue weighted by molar-refractivity contribution is 7.15. The van der Waals surface area contributed by atoms with Crippen molar-refractivity contribution in [3.63, 3.8) is 0 Å². The van der Waals surface area contributed by atoms with Gasteiger partial charge in [-0.1, -0.05) is 13.8 Å². The van der Waals surface area contributed by atoms with Gasteiger partial charge in [0.25, 0.3) is 0 Å². The standard InChI is InChI=1S/C14H25N3OS/c1-11-6-12(2)10-17(9-11)14-16-8-13(19-14)7-15-4-5-18-3/h8,11-12,15H,4-7,9-10H2,1-3H3. The summed E-state index contributed by atoms with van der Waals surface area (Å²) in [4.78, 5) is 8.33. The van der Waals surface area contributed by atoms with Gasteiger partial charge in [0.15, 0.2) is 5.13 Å². The van der Waals surface area contributed by atoms with Crippen molar-refractivity contribution in [1.29, 1.82) is 0 Å². The lowest BCUT2D eigenvalue weighted by Gasteiger charge is -2.34. The molecule has 2 rings (SSSR count). The summed E-state index contributed by atoms with van der Waals surface area (Å²) in [6.07, 6.45) is 3.34. The van der Waals surface area contributed by atoms with E-state index in [1.54, 1.807) is 7.11 Å². The molecule has 0 amide bonds. The molecule has 1 aromatic heterocycles. The number of aromatic nitrogens is 1. The van der Waals surface area contributed by atoms with Gasteiger partial charge in [0.05, 0.1) is 6.61 Å². The van der Waals surface area contributed by atoms with E-state index in [1.165, 1.54) is 16.4 Å². The molecule has 0 radical (unpaired) electrons. The van der Waals surface area contributed by atoms with Gasteiger partial charge in [0, 0.05) is 44.4 Å². The number of nitrogens with zero attached hydrogens (tertiary/aromatic N) is 2. The average molecular weight is 283 g/mol. The number of hydrogen-bond acceptors (Lipinski definition) is 5. The third-order valence-electron chi connectivity index (χ3n) is 3.46. The van der Waals surface area contributed by atoms with Gasteiger partial charge in [0.1, 0.15) is 0 Å². The molecule has 2 unspecified atom stereocenters. The molecule has 2 atom stereocenters. The Morgan fingerprint density at radius 3 is 2.84 bits per heavy atom. The Morgan fingerprint density at radius 2 is 2.16 bits per heavy atom. The number of nitrogens with one attached hydrogen (secondary N) is 1. The zero-order valence-corrected chi connectivity index (χ0v) is 13.0. The van der Waals surface area contributed by atoms with E-state index in [0.717, 1.165) is 44.6 Å². The highest BCUT2D eigenvalue weighted by Gasteiger charge is 2.23. The SMILES string of the molecule is COCCNCc1cnc(N2CC(C)CC(C)C2)s1. The van der Waals surface area contributed by atoms with Gasteiger partial charge in [-0.05, 0) is 18.3 Å². The Bertz CT molecular complexity index is 373. The minimum atomic E-state index is 0.757. The van der Waals surface area contributed by atoms with E-state index < -0.39 is 0 Å². The number of hydrogen-bond donors (Lipinski definition) is 1. The second-order valence-corrected chi connectivity index (χ2v) is 6.72. The summed E-state index contributed by atoms with van der Waals surface area (Å²) >= 11 is 1.81. The Balaban J connectivity index is 1.85. The van der Waals surface area contributed by atoms with Crippen LogP contribution in [0, 0.1) is 11.8 Å². The summed E-state index contributed by atoms with van der Waals surface area (Å²) in [5, 5.41) is 4.55.